The Labute approximate surface area is 148 Å². The molecule has 7 nitrogen and oxygen atoms in total. The van der Waals surface area contributed by atoms with E-state index < -0.39 is 41.2 Å². The van der Waals surface area contributed by atoms with Crippen LogP contribution in [-0.2, 0) is 14.3 Å². The van der Waals surface area contributed by atoms with Gasteiger partial charge in [-0.2, -0.15) is 0 Å². The van der Waals surface area contributed by atoms with Gasteiger partial charge in [0.2, 0.25) is 0 Å². The minimum absolute atomic E-state index is 0.0247. The number of carbonyl (C=O) groups excluding carboxylic acids is 2. The second kappa shape index (κ2) is 7.94. The van der Waals surface area contributed by atoms with E-state index in [1.54, 1.807) is 0 Å². The van der Waals surface area contributed by atoms with Crippen molar-refractivity contribution in [3.05, 3.63) is 46.7 Å². The minimum Gasteiger partial charge on any atom is -0.481 e. The predicted octanol–water partition coefficient (Wildman–Crippen LogP) is 2.34. The molecule has 1 heterocycles. The maximum atomic E-state index is 14.2. The average Bonchev–Trinajstić information content (AvgIpc) is 2.56. The van der Waals surface area contributed by atoms with Crippen LogP contribution in [0.5, 0.6) is 0 Å². The van der Waals surface area contributed by atoms with Crippen LogP contribution in [0.4, 0.5) is 13.6 Å². The van der Waals surface area contributed by atoms with Crippen molar-refractivity contribution in [2.75, 3.05) is 13.7 Å². The van der Waals surface area contributed by atoms with E-state index in [9.17, 15) is 23.2 Å². The Kier molecular flexibility index (Phi) is 5.91. The standard InChI is InChI=1S/C17H18F2N2O5/c1-9-13(16(24)26-2)15(14-10(18)5-3-6-11(14)19)20-17(25)21(9)8-4-7-12(22)23/h3,5-6,15H,4,7-8H2,1-2H3,(H,20,25)(H,22,23)/t15-/m0/s1. The van der Waals surface area contributed by atoms with Crippen LogP contribution in [-0.4, -0.2) is 41.6 Å². The Balaban J connectivity index is 2.48. The molecule has 2 amide bonds. The number of amides is 2. The summed E-state index contributed by atoms with van der Waals surface area (Å²) in [6.07, 6.45) is -0.0245. The van der Waals surface area contributed by atoms with Gasteiger partial charge in [0.05, 0.1) is 24.3 Å². The molecule has 0 bridgehead atoms. The Bertz CT molecular complexity index is 758. The molecule has 1 aliphatic heterocycles. The highest BCUT2D eigenvalue weighted by Gasteiger charge is 2.38. The number of carboxylic acid groups (broad SMARTS) is 1. The number of ether oxygens (including phenoxy) is 1. The third-order valence-electron chi connectivity index (χ3n) is 4.06. The zero-order valence-electron chi connectivity index (χ0n) is 14.2. The van der Waals surface area contributed by atoms with Gasteiger partial charge in [0, 0.05) is 18.7 Å². The van der Waals surface area contributed by atoms with Gasteiger partial charge in [-0.15, -0.1) is 0 Å². The molecule has 1 aromatic carbocycles. The topological polar surface area (TPSA) is 95.9 Å². The van der Waals surface area contributed by atoms with E-state index in [1.165, 1.54) is 13.0 Å². The van der Waals surface area contributed by atoms with Gasteiger partial charge in [-0.3, -0.25) is 9.69 Å². The summed E-state index contributed by atoms with van der Waals surface area (Å²) in [6, 6.07) is 1.17. The van der Waals surface area contributed by atoms with Crippen LogP contribution in [0.15, 0.2) is 29.5 Å². The van der Waals surface area contributed by atoms with Gasteiger partial charge in [-0.1, -0.05) is 6.07 Å². The highest BCUT2D eigenvalue weighted by Crippen LogP contribution is 2.34. The molecule has 0 fully saturated rings. The minimum atomic E-state index is -1.35. The lowest BCUT2D eigenvalue weighted by Gasteiger charge is -2.35. The molecule has 1 aliphatic rings. The fourth-order valence-corrected chi connectivity index (χ4v) is 2.82. The molecule has 0 saturated heterocycles. The summed E-state index contributed by atoms with van der Waals surface area (Å²) in [7, 11) is 1.11. The molecule has 2 rings (SSSR count). The molecule has 0 aliphatic carbocycles. The van der Waals surface area contributed by atoms with Gasteiger partial charge in [-0.25, -0.2) is 18.4 Å². The van der Waals surface area contributed by atoms with Crippen LogP contribution in [0.25, 0.3) is 0 Å². The van der Waals surface area contributed by atoms with Gasteiger partial charge < -0.3 is 15.2 Å². The molecule has 2 N–H and O–H groups in total. The molecule has 9 heteroatoms. The van der Waals surface area contributed by atoms with Gasteiger partial charge in [0.25, 0.3) is 0 Å². The van der Waals surface area contributed by atoms with Crippen LogP contribution < -0.4 is 5.32 Å². The molecule has 0 saturated carbocycles. The SMILES string of the molecule is COC(=O)C1=C(C)N(CCCC(=O)O)C(=O)N[C@@H]1c1c(F)cccc1F. The molecular weight excluding hydrogens is 350 g/mol. The second-order valence-corrected chi connectivity index (χ2v) is 5.66. The average molecular weight is 368 g/mol. The Hall–Kier alpha value is -2.97. The van der Waals surface area contributed by atoms with E-state index >= 15 is 0 Å². The number of esters is 1. The first-order valence-electron chi connectivity index (χ1n) is 7.80. The maximum Gasteiger partial charge on any atom is 0.337 e. The molecule has 0 aromatic heterocycles. The molecule has 0 spiro atoms. The van der Waals surface area contributed by atoms with Crippen molar-refractivity contribution in [1.29, 1.82) is 0 Å². The Morgan fingerprint density at radius 3 is 2.46 bits per heavy atom. The molecular formula is C17H18F2N2O5. The van der Waals surface area contributed by atoms with Crippen molar-refractivity contribution < 1.29 is 33.0 Å². The van der Waals surface area contributed by atoms with Crippen molar-refractivity contribution in [1.82, 2.24) is 10.2 Å². The van der Waals surface area contributed by atoms with E-state index in [4.69, 9.17) is 9.84 Å². The molecule has 0 unspecified atom stereocenters. The lowest BCUT2D eigenvalue weighted by atomic mass is 9.94. The summed E-state index contributed by atoms with van der Waals surface area (Å²) in [4.78, 5) is 36.4. The Morgan fingerprint density at radius 2 is 1.92 bits per heavy atom. The number of nitrogens with one attached hydrogen (secondary N) is 1. The lowest BCUT2D eigenvalue weighted by Crippen LogP contribution is -2.48. The number of aliphatic carboxylic acids is 1. The summed E-state index contributed by atoms with van der Waals surface area (Å²) in [5.41, 5.74) is -0.434. The third kappa shape index (κ3) is 3.81. The zero-order valence-corrected chi connectivity index (χ0v) is 14.2. The first kappa shape index (κ1) is 19.4. The summed E-state index contributed by atoms with van der Waals surface area (Å²) in [6.45, 7) is 1.47. The van der Waals surface area contributed by atoms with Crippen molar-refractivity contribution in [2.45, 2.75) is 25.8 Å². The number of carboxylic acids is 1. The third-order valence-corrected chi connectivity index (χ3v) is 4.06. The first-order chi connectivity index (χ1) is 12.3. The van der Waals surface area contributed by atoms with Crippen LogP contribution in [0.2, 0.25) is 0 Å². The fraction of sp³-hybridized carbons (Fsp3) is 0.353. The van der Waals surface area contributed by atoms with Crippen LogP contribution in [0, 0.1) is 11.6 Å². The van der Waals surface area contributed by atoms with Crippen molar-refractivity contribution in [3.8, 4) is 0 Å². The number of allylic oxidation sites excluding steroid dienone is 1. The fourth-order valence-electron chi connectivity index (χ4n) is 2.82. The van der Waals surface area contributed by atoms with Gasteiger partial charge >= 0.3 is 18.0 Å². The number of hydrogen-bond donors (Lipinski definition) is 2. The first-order valence-corrected chi connectivity index (χ1v) is 7.80. The van der Waals surface area contributed by atoms with Crippen molar-refractivity contribution in [3.63, 3.8) is 0 Å². The summed E-state index contributed by atoms with van der Waals surface area (Å²) >= 11 is 0. The second-order valence-electron chi connectivity index (χ2n) is 5.66. The monoisotopic (exact) mass is 368 g/mol. The van der Waals surface area contributed by atoms with Crippen molar-refractivity contribution >= 4 is 18.0 Å². The number of urea groups is 1. The number of methoxy groups -OCH3 is 1. The highest BCUT2D eigenvalue weighted by molar-refractivity contribution is 5.95. The highest BCUT2D eigenvalue weighted by atomic mass is 19.1. The largest absolute Gasteiger partial charge is 0.481 e. The molecule has 26 heavy (non-hydrogen) atoms. The van der Waals surface area contributed by atoms with E-state index in [2.05, 4.69) is 5.32 Å². The smallest absolute Gasteiger partial charge is 0.337 e. The quantitative estimate of drug-likeness (QED) is 0.752. The summed E-state index contributed by atoms with van der Waals surface area (Å²) in [5, 5.41) is 11.1. The maximum absolute atomic E-state index is 14.2. The van der Waals surface area contributed by atoms with Crippen LogP contribution >= 0.6 is 0 Å². The summed E-state index contributed by atoms with van der Waals surface area (Å²) in [5.74, 6) is -3.70. The predicted molar refractivity (Wildman–Crippen MR) is 85.9 cm³/mol. The van der Waals surface area contributed by atoms with E-state index in [1.807, 2.05) is 0 Å². The van der Waals surface area contributed by atoms with E-state index in [-0.39, 0.29) is 30.7 Å². The number of halogens is 2. The van der Waals surface area contributed by atoms with Crippen LogP contribution in [0.3, 0.4) is 0 Å². The van der Waals surface area contributed by atoms with Gasteiger partial charge in [0.1, 0.15) is 11.6 Å². The molecule has 1 atom stereocenters. The normalized spacial score (nSPS) is 17.2. The summed E-state index contributed by atoms with van der Waals surface area (Å²) < 4.78 is 33.1. The number of rotatable bonds is 6. The van der Waals surface area contributed by atoms with Gasteiger partial charge in [-0.05, 0) is 25.5 Å². The van der Waals surface area contributed by atoms with Crippen molar-refractivity contribution in [2.24, 2.45) is 0 Å². The zero-order chi connectivity index (χ0) is 19.4. The van der Waals surface area contributed by atoms with E-state index in [0.717, 1.165) is 24.1 Å². The van der Waals surface area contributed by atoms with Gasteiger partial charge in [0.15, 0.2) is 0 Å². The molecule has 1 aromatic rings. The molecule has 0 radical (unpaired) electrons. The van der Waals surface area contributed by atoms with Crippen LogP contribution in [0.1, 0.15) is 31.4 Å². The van der Waals surface area contributed by atoms with E-state index in [0.29, 0.717) is 0 Å². The number of hydrogen-bond acceptors (Lipinski definition) is 4. The Morgan fingerprint density at radius 1 is 1.31 bits per heavy atom. The lowest BCUT2D eigenvalue weighted by molar-refractivity contribution is -0.138. The number of benzene rings is 1. The molecule has 140 valence electrons. The number of nitrogens with zero attached hydrogens (tertiary/aromatic N) is 1. The number of carbonyl (C=O) groups is 3.